The Morgan fingerprint density at radius 1 is 1.16 bits per heavy atom. The number of aromatic nitrogens is 5. The summed E-state index contributed by atoms with van der Waals surface area (Å²) < 4.78 is 7.43. The molecule has 0 radical (unpaired) electrons. The average Bonchev–Trinajstić information content (AvgIpc) is 3.26. The summed E-state index contributed by atoms with van der Waals surface area (Å²) in [7, 11) is 1.79. The average molecular weight is 479 g/mol. The molecule has 4 rings (SSSR count). The highest BCUT2D eigenvalue weighted by Crippen LogP contribution is 2.28. The molecule has 9 nitrogen and oxygen atoms in total. The lowest BCUT2D eigenvalue weighted by atomic mass is 10.3. The molecule has 0 atom stereocenters. The lowest BCUT2D eigenvalue weighted by Crippen LogP contribution is -2.14. The third-order valence-electron chi connectivity index (χ3n) is 4.31. The Bertz CT molecular complexity index is 1320. The number of nitrogens with zero attached hydrogens (tertiary/aromatic N) is 3. The van der Waals surface area contributed by atoms with Crippen molar-refractivity contribution >= 4 is 57.6 Å². The number of benzene rings is 2. The summed E-state index contributed by atoms with van der Waals surface area (Å²) in [4.78, 5) is 28.9. The van der Waals surface area contributed by atoms with Crippen molar-refractivity contribution in [2.75, 3.05) is 11.1 Å². The number of nitrogens with one attached hydrogen (secondary N) is 3. The molecule has 0 aliphatic rings. The Labute approximate surface area is 190 Å². The Morgan fingerprint density at radius 3 is 2.77 bits per heavy atom. The van der Waals surface area contributed by atoms with Crippen LogP contribution in [0.5, 0.6) is 5.75 Å². The molecular weight excluding hydrogens is 463 g/mol. The van der Waals surface area contributed by atoms with Crippen LogP contribution in [0.25, 0.3) is 11.0 Å². The number of thioether (sulfide) groups is 1. The molecule has 0 spiro atoms. The number of anilines is 1. The van der Waals surface area contributed by atoms with Crippen LogP contribution in [0.3, 0.4) is 0 Å². The number of hydrogen-bond donors (Lipinski definition) is 3. The van der Waals surface area contributed by atoms with Crippen molar-refractivity contribution in [2.45, 2.75) is 11.8 Å². The largest absolute Gasteiger partial charge is 0.484 e. The Balaban J connectivity index is 1.33. The van der Waals surface area contributed by atoms with E-state index in [0.717, 1.165) is 0 Å². The van der Waals surface area contributed by atoms with Gasteiger partial charge in [0.25, 0.3) is 0 Å². The van der Waals surface area contributed by atoms with Crippen molar-refractivity contribution in [3.05, 3.63) is 62.8 Å². The zero-order valence-electron chi connectivity index (χ0n) is 16.1. The molecule has 3 N–H and O–H groups in total. The predicted molar refractivity (Wildman–Crippen MR) is 120 cm³/mol. The van der Waals surface area contributed by atoms with Gasteiger partial charge in [0.05, 0.1) is 21.8 Å². The summed E-state index contributed by atoms with van der Waals surface area (Å²) in [5, 5.41) is 12.5. The first-order valence-electron chi connectivity index (χ1n) is 9.00. The fourth-order valence-corrected chi connectivity index (χ4v) is 3.96. The number of hydrogen-bond acceptors (Lipinski definition) is 6. The van der Waals surface area contributed by atoms with E-state index in [1.807, 2.05) is 0 Å². The Morgan fingerprint density at radius 2 is 1.97 bits per heavy atom. The number of halogens is 2. The Kier molecular flexibility index (Phi) is 6.21. The zero-order valence-corrected chi connectivity index (χ0v) is 18.4. The number of fused-ring (bicyclic) bond motifs is 1. The molecular formula is C19H16Cl2N6O3S. The second-order valence-electron chi connectivity index (χ2n) is 6.50. The van der Waals surface area contributed by atoms with Gasteiger partial charge in [-0.25, -0.2) is 4.79 Å². The summed E-state index contributed by atoms with van der Waals surface area (Å²) in [5.41, 5.74) is 1.58. The van der Waals surface area contributed by atoms with Crippen LogP contribution in [0.2, 0.25) is 10.0 Å². The van der Waals surface area contributed by atoms with E-state index in [9.17, 15) is 9.59 Å². The molecule has 31 heavy (non-hydrogen) atoms. The van der Waals surface area contributed by atoms with Gasteiger partial charge in [0.15, 0.2) is 11.0 Å². The number of carbonyl (C=O) groups excluding carboxylic acids is 1. The highest BCUT2D eigenvalue weighted by atomic mass is 35.5. The second kappa shape index (κ2) is 9.04. The van der Waals surface area contributed by atoms with Gasteiger partial charge in [-0.15, -0.1) is 10.2 Å². The summed E-state index contributed by atoms with van der Waals surface area (Å²) in [5.74, 6) is 0.993. The second-order valence-corrected chi connectivity index (χ2v) is 8.28. The van der Waals surface area contributed by atoms with Crippen LogP contribution >= 0.6 is 35.0 Å². The maximum atomic E-state index is 12.3. The molecule has 2 heterocycles. The highest BCUT2D eigenvalue weighted by Gasteiger charge is 2.13. The summed E-state index contributed by atoms with van der Waals surface area (Å²) in [6.45, 7) is 0.159. The minimum atomic E-state index is -0.297. The molecule has 0 saturated carbocycles. The van der Waals surface area contributed by atoms with Crippen LogP contribution in [-0.4, -0.2) is 36.4 Å². The van der Waals surface area contributed by atoms with Crippen molar-refractivity contribution in [1.29, 1.82) is 0 Å². The number of amides is 1. The highest BCUT2D eigenvalue weighted by molar-refractivity contribution is 7.99. The van der Waals surface area contributed by atoms with E-state index in [-0.39, 0.29) is 24.0 Å². The summed E-state index contributed by atoms with van der Waals surface area (Å²) in [6.07, 6.45) is 0. The third-order valence-corrected chi connectivity index (χ3v) is 5.86. The molecule has 2 aromatic carbocycles. The molecule has 0 aliphatic carbocycles. The number of ether oxygens (including phenoxy) is 1. The van der Waals surface area contributed by atoms with E-state index >= 15 is 0 Å². The van der Waals surface area contributed by atoms with Crippen molar-refractivity contribution < 1.29 is 9.53 Å². The van der Waals surface area contributed by atoms with E-state index in [4.69, 9.17) is 27.9 Å². The normalized spacial score (nSPS) is 11.1. The molecule has 1 amide bonds. The van der Waals surface area contributed by atoms with E-state index in [0.29, 0.717) is 43.5 Å². The van der Waals surface area contributed by atoms with E-state index in [1.165, 1.54) is 11.8 Å². The van der Waals surface area contributed by atoms with Crippen LogP contribution in [0.15, 0.2) is 46.3 Å². The number of aromatic amines is 2. The monoisotopic (exact) mass is 478 g/mol. The van der Waals surface area contributed by atoms with E-state index < -0.39 is 0 Å². The zero-order chi connectivity index (χ0) is 22.0. The van der Waals surface area contributed by atoms with E-state index in [2.05, 4.69) is 25.5 Å². The van der Waals surface area contributed by atoms with Crippen molar-refractivity contribution in [3.63, 3.8) is 0 Å². The van der Waals surface area contributed by atoms with Crippen LogP contribution in [0.1, 0.15) is 5.82 Å². The Hall–Kier alpha value is -2.95. The van der Waals surface area contributed by atoms with Gasteiger partial charge < -0.3 is 24.6 Å². The van der Waals surface area contributed by atoms with Crippen LogP contribution in [0.4, 0.5) is 5.69 Å². The number of imidazole rings is 1. The number of carbonyl (C=O) groups is 1. The van der Waals surface area contributed by atoms with Crippen LogP contribution in [0, 0.1) is 0 Å². The number of H-pyrrole nitrogens is 2. The molecule has 12 heteroatoms. The van der Waals surface area contributed by atoms with Gasteiger partial charge in [-0.05, 0) is 36.4 Å². The molecule has 4 aromatic rings. The first-order valence-corrected chi connectivity index (χ1v) is 10.7. The topological polar surface area (TPSA) is 118 Å². The quantitative estimate of drug-likeness (QED) is 0.349. The van der Waals surface area contributed by atoms with Gasteiger partial charge in [-0.3, -0.25) is 4.79 Å². The van der Waals surface area contributed by atoms with Gasteiger partial charge in [0.2, 0.25) is 5.91 Å². The van der Waals surface area contributed by atoms with Gasteiger partial charge in [-0.2, -0.15) is 0 Å². The fourth-order valence-electron chi connectivity index (χ4n) is 2.77. The van der Waals surface area contributed by atoms with Crippen molar-refractivity contribution in [2.24, 2.45) is 7.05 Å². The molecule has 0 saturated heterocycles. The fraction of sp³-hybridized carbons (Fsp3) is 0.158. The smallest absolute Gasteiger partial charge is 0.323 e. The van der Waals surface area contributed by atoms with Crippen LogP contribution < -0.4 is 15.7 Å². The van der Waals surface area contributed by atoms with E-state index in [1.54, 1.807) is 48.0 Å². The molecule has 160 valence electrons. The molecule has 0 bridgehead atoms. The number of rotatable bonds is 7. The first kappa shape index (κ1) is 21.3. The molecule has 0 fully saturated rings. The van der Waals surface area contributed by atoms with Crippen molar-refractivity contribution in [1.82, 2.24) is 24.7 Å². The van der Waals surface area contributed by atoms with Crippen molar-refractivity contribution in [3.8, 4) is 5.75 Å². The minimum absolute atomic E-state index is 0.136. The van der Waals surface area contributed by atoms with Crippen LogP contribution in [-0.2, 0) is 18.4 Å². The summed E-state index contributed by atoms with van der Waals surface area (Å²) in [6, 6.07) is 10.1. The first-order chi connectivity index (χ1) is 14.9. The van der Waals surface area contributed by atoms with Gasteiger partial charge in [0, 0.05) is 17.8 Å². The SMILES string of the molecule is Cn1c(COc2ccc(Cl)cc2Cl)nnc1SCC(=O)Nc1ccc2[nH]c(=O)[nH]c2c1. The maximum absolute atomic E-state index is 12.3. The van der Waals surface area contributed by atoms with Gasteiger partial charge in [-0.1, -0.05) is 35.0 Å². The lowest BCUT2D eigenvalue weighted by Gasteiger charge is -2.08. The van der Waals surface area contributed by atoms with Gasteiger partial charge >= 0.3 is 5.69 Å². The molecule has 2 aromatic heterocycles. The minimum Gasteiger partial charge on any atom is -0.484 e. The predicted octanol–water partition coefficient (Wildman–Crippen LogP) is 3.60. The molecule has 0 unspecified atom stereocenters. The summed E-state index contributed by atoms with van der Waals surface area (Å²) >= 11 is 13.2. The van der Waals surface area contributed by atoms with Gasteiger partial charge in [0.1, 0.15) is 12.4 Å². The lowest BCUT2D eigenvalue weighted by molar-refractivity contribution is -0.113. The maximum Gasteiger partial charge on any atom is 0.323 e. The molecule has 0 aliphatic heterocycles. The third kappa shape index (κ3) is 5.04. The standard InChI is InChI=1S/C19H16Cl2N6O3S/c1-27-16(8-30-15-5-2-10(20)6-12(15)21)25-26-19(27)31-9-17(28)22-11-3-4-13-14(7-11)24-18(29)23-13/h2-7H,8-9H2,1H3,(H,22,28)(H2,23,24,29).